The van der Waals surface area contributed by atoms with Gasteiger partial charge >= 0.3 is 12.3 Å². The van der Waals surface area contributed by atoms with Gasteiger partial charge in [-0.3, -0.25) is 4.79 Å². The number of fused-ring (bicyclic) bond motifs is 1. The Balaban J connectivity index is 1.92. The number of benzene rings is 2. The molecule has 0 saturated heterocycles. The maximum atomic E-state index is 14.9. The van der Waals surface area contributed by atoms with Crippen LogP contribution in [0.15, 0.2) is 34.7 Å². The Bertz CT molecular complexity index is 1180. The lowest BCUT2D eigenvalue weighted by Gasteiger charge is -2.15. The normalized spacial score (nSPS) is 11.9. The number of alkyl halides is 3. The molecule has 0 fully saturated rings. The lowest BCUT2D eigenvalue weighted by atomic mass is 9.95. The van der Waals surface area contributed by atoms with Gasteiger partial charge < -0.3 is 19.0 Å². The summed E-state index contributed by atoms with van der Waals surface area (Å²) in [6.07, 6.45) is -2.85. The van der Waals surface area contributed by atoms with Gasteiger partial charge in [0.2, 0.25) is 0 Å². The average molecular weight is 496 g/mol. The minimum absolute atomic E-state index is 0.0691. The Labute approximate surface area is 200 Å². The summed E-state index contributed by atoms with van der Waals surface area (Å²) >= 11 is 0. The Morgan fingerprint density at radius 1 is 1.06 bits per heavy atom. The molecule has 0 spiro atoms. The van der Waals surface area contributed by atoms with Gasteiger partial charge in [-0.15, -0.1) is 13.2 Å². The topological polar surface area (TPSA) is 68.9 Å². The van der Waals surface area contributed by atoms with Crippen molar-refractivity contribution < 1.29 is 41.4 Å². The van der Waals surface area contributed by atoms with Crippen molar-refractivity contribution in [2.75, 3.05) is 0 Å². The van der Waals surface area contributed by atoms with Crippen molar-refractivity contribution in [2.45, 2.75) is 65.8 Å². The van der Waals surface area contributed by atoms with Crippen molar-refractivity contribution in [2.24, 2.45) is 5.92 Å². The maximum Gasteiger partial charge on any atom is 0.573 e. The van der Waals surface area contributed by atoms with Gasteiger partial charge in [0.1, 0.15) is 23.7 Å². The van der Waals surface area contributed by atoms with E-state index >= 15 is 0 Å². The largest absolute Gasteiger partial charge is 0.573 e. The molecule has 1 heterocycles. The quantitative estimate of drug-likeness (QED) is 0.284. The lowest BCUT2D eigenvalue weighted by molar-refractivity contribution is -0.274. The minimum atomic E-state index is -4.87. The Kier molecular flexibility index (Phi) is 8.30. The average Bonchev–Trinajstić information content (AvgIpc) is 3.18. The van der Waals surface area contributed by atoms with Crippen LogP contribution in [-0.2, 0) is 30.7 Å². The lowest BCUT2D eigenvalue weighted by Crippen LogP contribution is -2.17. The van der Waals surface area contributed by atoms with Crippen LogP contribution in [0, 0.1) is 11.7 Å². The zero-order valence-electron chi connectivity index (χ0n) is 19.8. The molecule has 2 aromatic carbocycles. The van der Waals surface area contributed by atoms with Crippen LogP contribution in [0.3, 0.4) is 0 Å². The first kappa shape index (κ1) is 26.4. The van der Waals surface area contributed by atoms with Gasteiger partial charge in [0, 0.05) is 23.8 Å². The maximum absolute atomic E-state index is 14.9. The number of halogens is 4. The first-order valence-corrected chi connectivity index (χ1v) is 11.4. The molecule has 0 aliphatic heterocycles. The highest BCUT2D eigenvalue weighted by atomic mass is 19.4. The number of carboxylic acid groups (broad SMARTS) is 1. The van der Waals surface area contributed by atoms with E-state index in [0.29, 0.717) is 41.1 Å². The fraction of sp³-hybridized carbons (Fsp3) is 0.423. The van der Waals surface area contributed by atoms with Crippen LogP contribution >= 0.6 is 0 Å². The van der Waals surface area contributed by atoms with Crippen LogP contribution in [-0.4, -0.2) is 17.4 Å². The summed E-state index contributed by atoms with van der Waals surface area (Å²) in [4.78, 5) is 11.0. The molecule has 0 atom stereocenters. The highest BCUT2D eigenvalue weighted by molar-refractivity contribution is 5.83. The predicted molar refractivity (Wildman–Crippen MR) is 122 cm³/mol. The molecule has 0 aliphatic carbocycles. The number of furan rings is 1. The van der Waals surface area contributed by atoms with Crippen LogP contribution < -0.4 is 9.47 Å². The minimum Gasteiger partial charge on any atom is -0.486 e. The summed E-state index contributed by atoms with van der Waals surface area (Å²) in [5, 5.41) is 9.43. The third kappa shape index (κ3) is 7.37. The van der Waals surface area contributed by atoms with E-state index in [9.17, 15) is 22.4 Å². The fourth-order valence-electron chi connectivity index (χ4n) is 3.78. The summed E-state index contributed by atoms with van der Waals surface area (Å²) in [7, 11) is 0. The number of ether oxygens (including phenoxy) is 2. The molecular formula is C26H28F4O5. The molecule has 0 amide bonds. The van der Waals surface area contributed by atoms with Crippen molar-refractivity contribution in [1.29, 1.82) is 0 Å². The van der Waals surface area contributed by atoms with Gasteiger partial charge in [0.15, 0.2) is 11.6 Å². The van der Waals surface area contributed by atoms with Gasteiger partial charge in [-0.2, -0.15) is 0 Å². The van der Waals surface area contributed by atoms with E-state index in [1.807, 2.05) is 20.8 Å². The molecule has 0 radical (unpaired) electrons. The number of hydrogen-bond donors (Lipinski definition) is 1. The van der Waals surface area contributed by atoms with Crippen LogP contribution in [0.5, 0.6) is 11.5 Å². The second-order valence-corrected chi connectivity index (χ2v) is 8.78. The third-order valence-corrected chi connectivity index (χ3v) is 5.54. The molecule has 35 heavy (non-hydrogen) atoms. The summed E-state index contributed by atoms with van der Waals surface area (Å²) in [5.41, 5.74) is 2.00. The molecule has 0 saturated carbocycles. The Morgan fingerprint density at radius 3 is 2.40 bits per heavy atom. The molecule has 0 aliphatic rings. The van der Waals surface area contributed by atoms with Gasteiger partial charge in [-0.05, 0) is 66.6 Å². The zero-order chi connectivity index (χ0) is 25.8. The number of aryl methyl sites for hydroxylation is 3. The van der Waals surface area contributed by atoms with Crippen molar-refractivity contribution in [3.8, 4) is 11.5 Å². The summed E-state index contributed by atoms with van der Waals surface area (Å²) in [6.45, 7) is 5.69. The smallest absolute Gasteiger partial charge is 0.486 e. The second-order valence-electron chi connectivity index (χ2n) is 8.78. The highest BCUT2D eigenvalue weighted by Crippen LogP contribution is 2.33. The van der Waals surface area contributed by atoms with Crippen LogP contribution in [0.2, 0.25) is 0 Å². The molecule has 3 rings (SSSR count). The standard InChI is InChI=1S/C26H28F4O5/c1-4-20-9-18-10-21(35-26(28,29)30)11-19(25(18)34-20)14-33-23-13-17(6-5-15(2)3)16(12-22(23)27)7-8-24(31)32/h9-13,15H,4-8,14H2,1-3H3,(H,31,32). The number of hydrogen-bond acceptors (Lipinski definition) is 4. The Hall–Kier alpha value is -3.23. The van der Waals surface area contributed by atoms with Gasteiger partial charge in [0.25, 0.3) is 0 Å². The molecule has 1 aromatic heterocycles. The van der Waals surface area contributed by atoms with Crippen molar-refractivity contribution >= 4 is 16.9 Å². The van der Waals surface area contributed by atoms with Crippen molar-refractivity contribution in [1.82, 2.24) is 0 Å². The van der Waals surface area contributed by atoms with Crippen LogP contribution in [0.4, 0.5) is 17.6 Å². The van der Waals surface area contributed by atoms with E-state index < -0.39 is 23.9 Å². The molecule has 5 nitrogen and oxygen atoms in total. The molecule has 0 unspecified atom stereocenters. The highest BCUT2D eigenvalue weighted by Gasteiger charge is 2.31. The van der Waals surface area contributed by atoms with Gasteiger partial charge in [-0.25, -0.2) is 4.39 Å². The fourth-order valence-corrected chi connectivity index (χ4v) is 3.78. The number of carbonyl (C=O) groups is 1. The van der Waals surface area contributed by atoms with Gasteiger partial charge in [0.05, 0.1) is 0 Å². The zero-order valence-corrected chi connectivity index (χ0v) is 19.8. The number of rotatable bonds is 11. The van der Waals surface area contributed by atoms with E-state index in [4.69, 9.17) is 14.3 Å². The molecule has 190 valence electrons. The summed E-state index contributed by atoms with van der Waals surface area (Å²) < 4.78 is 68.8. The third-order valence-electron chi connectivity index (χ3n) is 5.54. The van der Waals surface area contributed by atoms with Crippen LogP contribution in [0.1, 0.15) is 56.1 Å². The monoisotopic (exact) mass is 496 g/mol. The molecule has 0 bridgehead atoms. The molecule has 3 aromatic rings. The van der Waals surface area contributed by atoms with Crippen LogP contribution in [0.25, 0.3) is 11.0 Å². The van der Waals surface area contributed by atoms with E-state index in [2.05, 4.69) is 4.74 Å². The Morgan fingerprint density at radius 2 is 1.77 bits per heavy atom. The number of carboxylic acids is 1. The molecule has 1 N–H and O–H groups in total. The second kappa shape index (κ2) is 11.0. The van der Waals surface area contributed by atoms with Crippen molar-refractivity contribution in [3.05, 3.63) is 58.6 Å². The SMILES string of the molecule is CCc1cc2cc(OC(F)(F)F)cc(COc3cc(CCC(C)C)c(CCC(=O)O)cc3F)c2o1. The first-order valence-electron chi connectivity index (χ1n) is 11.4. The summed E-state index contributed by atoms with van der Waals surface area (Å²) in [5.74, 6) is -1.18. The van der Waals surface area contributed by atoms with E-state index in [0.717, 1.165) is 18.1 Å². The van der Waals surface area contributed by atoms with E-state index in [1.165, 1.54) is 12.1 Å². The van der Waals surface area contributed by atoms with Gasteiger partial charge in [-0.1, -0.05) is 20.8 Å². The summed E-state index contributed by atoms with van der Waals surface area (Å²) in [6, 6.07) is 6.84. The predicted octanol–water partition coefficient (Wildman–Crippen LogP) is 7.22. The number of aliphatic carboxylic acids is 1. The van der Waals surface area contributed by atoms with E-state index in [-0.39, 0.29) is 30.8 Å². The molecular weight excluding hydrogens is 468 g/mol. The van der Waals surface area contributed by atoms with Crippen molar-refractivity contribution in [3.63, 3.8) is 0 Å². The van der Waals surface area contributed by atoms with E-state index in [1.54, 1.807) is 12.1 Å². The first-order chi connectivity index (χ1) is 16.4. The molecule has 9 heteroatoms.